The largest absolute Gasteiger partial charge is 0.484 e. The summed E-state index contributed by atoms with van der Waals surface area (Å²) in [5.41, 5.74) is 0.628. The second-order valence-corrected chi connectivity index (χ2v) is 4.92. The van der Waals surface area contributed by atoms with Crippen molar-refractivity contribution in [2.24, 2.45) is 0 Å². The van der Waals surface area contributed by atoms with Crippen LogP contribution in [0, 0.1) is 15.9 Å². The first kappa shape index (κ1) is 16.4. The average Bonchev–Trinajstić information content (AvgIpc) is 2.53. The quantitative estimate of drug-likeness (QED) is 0.606. The first-order valence-electron chi connectivity index (χ1n) is 6.81. The number of amides is 1. The minimum absolute atomic E-state index is 0.0492. The van der Waals surface area contributed by atoms with E-state index in [1.807, 2.05) is 0 Å². The van der Waals surface area contributed by atoms with E-state index in [0.29, 0.717) is 11.3 Å². The Balaban J connectivity index is 1.87. The van der Waals surface area contributed by atoms with E-state index in [-0.39, 0.29) is 30.6 Å². The first-order chi connectivity index (χ1) is 11.0. The molecule has 0 unspecified atom stereocenters. The van der Waals surface area contributed by atoms with E-state index >= 15 is 0 Å². The molecule has 120 valence electrons. The minimum atomic E-state index is -0.512. The number of benzene rings is 2. The Kier molecular flexibility index (Phi) is 5.24. The van der Waals surface area contributed by atoms with Crippen molar-refractivity contribution in [3.05, 3.63) is 70.0 Å². The van der Waals surface area contributed by atoms with E-state index in [9.17, 15) is 19.3 Å². The Hall–Kier alpha value is -2.96. The van der Waals surface area contributed by atoms with Crippen molar-refractivity contribution in [1.29, 1.82) is 0 Å². The molecule has 0 radical (unpaired) electrons. The molecule has 2 rings (SSSR count). The molecule has 0 aliphatic rings. The van der Waals surface area contributed by atoms with Crippen molar-refractivity contribution in [1.82, 2.24) is 4.90 Å². The molecule has 2 aromatic carbocycles. The van der Waals surface area contributed by atoms with Crippen LogP contribution >= 0.6 is 0 Å². The molecule has 1 amide bonds. The number of rotatable bonds is 6. The predicted molar refractivity (Wildman–Crippen MR) is 81.5 cm³/mol. The molecule has 0 aliphatic heterocycles. The van der Waals surface area contributed by atoms with E-state index in [1.54, 1.807) is 19.2 Å². The number of nitro groups is 1. The molecule has 0 fully saturated rings. The van der Waals surface area contributed by atoms with Gasteiger partial charge in [-0.3, -0.25) is 14.9 Å². The molecular weight excluding hydrogens is 303 g/mol. The second-order valence-electron chi connectivity index (χ2n) is 4.92. The van der Waals surface area contributed by atoms with Crippen molar-refractivity contribution in [2.45, 2.75) is 6.54 Å². The third-order valence-corrected chi connectivity index (χ3v) is 3.14. The van der Waals surface area contributed by atoms with Gasteiger partial charge in [-0.15, -0.1) is 0 Å². The fourth-order valence-electron chi connectivity index (χ4n) is 1.92. The number of likely N-dealkylation sites (N-methyl/N-ethyl adjacent to an activating group) is 1. The number of ether oxygens (including phenoxy) is 1. The summed E-state index contributed by atoms with van der Waals surface area (Å²) in [6, 6.07) is 11.5. The molecule has 0 saturated carbocycles. The summed E-state index contributed by atoms with van der Waals surface area (Å²) in [5.74, 6) is -0.277. The summed E-state index contributed by atoms with van der Waals surface area (Å²) < 4.78 is 18.4. The number of hydrogen-bond donors (Lipinski definition) is 0. The van der Waals surface area contributed by atoms with E-state index in [4.69, 9.17) is 4.74 Å². The molecule has 6 nitrogen and oxygen atoms in total. The number of hydrogen-bond acceptors (Lipinski definition) is 4. The monoisotopic (exact) mass is 318 g/mol. The molecule has 0 N–H and O–H groups in total. The molecule has 7 heteroatoms. The maximum absolute atomic E-state index is 13.1. The van der Waals surface area contributed by atoms with Gasteiger partial charge in [0.25, 0.3) is 11.6 Å². The number of halogens is 1. The number of non-ortho nitro benzene ring substituents is 1. The summed E-state index contributed by atoms with van der Waals surface area (Å²) >= 11 is 0. The van der Waals surface area contributed by atoms with Gasteiger partial charge in [0.1, 0.15) is 11.6 Å². The lowest BCUT2D eigenvalue weighted by Gasteiger charge is -2.17. The van der Waals surface area contributed by atoms with E-state index in [0.717, 1.165) is 0 Å². The highest BCUT2D eigenvalue weighted by atomic mass is 19.1. The third-order valence-electron chi connectivity index (χ3n) is 3.14. The van der Waals surface area contributed by atoms with Crippen molar-refractivity contribution in [3.63, 3.8) is 0 Å². The maximum Gasteiger partial charge on any atom is 0.269 e. The molecular formula is C16H15FN2O4. The summed E-state index contributed by atoms with van der Waals surface area (Å²) in [5, 5.41) is 10.5. The number of nitro benzene ring substituents is 1. The highest BCUT2D eigenvalue weighted by Crippen LogP contribution is 2.17. The summed E-state index contributed by atoms with van der Waals surface area (Å²) in [4.78, 5) is 23.4. The van der Waals surface area contributed by atoms with Crippen molar-refractivity contribution in [2.75, 3.05) is 13.7 Å². The normalized spacial score (nSPS) is 10.2. The van der Waals surface area contributed by atoms with Crippen LogP contribution in [0.3, 0.4) is 0 Å². The fraction of sp³-hybridized carbons (Fsp3) is 0.188. The van der Waals surface area contributed by atoms with E-state index in [1.165, 1.54) is 41.3 Å². The third kappa shape index (κ3) is 4.77. The average molecular weight is 318 g/mol. The molecule has 0 bridgehead atoms. The van der Waals surface area contributed by atoms with Crippen LogP contribution in [0.15, 0.2) is 48.5 Å². The van der Waals surface area contributed by atoms with Gasteiger partial charge in [-0.05, 0) is 29.8 Å². The lowest BCUT2D eigenvalue weighted by molar-refractivity contribution is -0.384. The van der Waals surface area contributed by atoms with Gasteiger partial charge in [0.2, 0.25) is 0 Å². The Labute approximate surface area is 132 Å². The summed E-state index contributed by atoms with van der Waals surface area (Å²) in [6.45, 7) is 0.0594. The number of nitrogens with zero attached hydrogens (tertiary/aromatic N) is 2. The fourth-order valence-corrected chi connectivity index (χ4v) is 1.92. The minimum Gasteiger partial charge on any atom is -0.484 e. The number of carbonyl (C=O) groups excluding carboxylic acids is 1. The molecule has 0 aromatic heterocycles. The SMILES string of the molecule is CN(Cc1cccc(F)c1)C(=O)COc1ccc([N+](=O)[O-])cc1. The van der Waals surface area contributed by atoms with Gasteiger partial charge in [-0.25, -0.2) is 4.39 Å². The van der Waals surface area contributed by atoms with Gasteiger partial charge in [0.05, 0.1) is 4.92 Å². The zero-order valence-electron chi connectivity index (χ0n) is 12.4. The Morgan fingerprint density at radius 1 is 1.26 bits per heavy atom. The molecule has 2 aromatic rings. The van der Waals surface area contributed by atoms with E-state index < -0.39 is 4.92 Å². The maximum atomic E-state index is 13.1. The van der Waals surface area contributed by atoms with Gasteiger partial charge < -0.3 is 9.64 Å². The smallest absolute Gasteiger partial charge is 0.269 e. The van der Waals surface area contributed by atoms with Crippen LogP contribution in [0.1, 0.15) is 5.56 Å². The summed E-state index contributed by atoms with van der Waals surface area (Å²) in [7, 11) is 1.59. The zero-order chi connectivity index (χ0) is 16.8. The van der Waals surface area contributed by atoms with Crippen molar-refractivity contribution >= 4 is 11.6 Å². The van der Waals surface area contributed by atoms with Crippen molar-refractivity contribution < 1.29 is 18.8 Å². The lowest BCUT2D eigenvalue weighted by atomic mass is 10.2. The van der Waals surface area contributed by atoms with Crippen molar-refractivity contribution in [3.8, 4) is 5.75 Å². The lowest BCUT2D eigenvalue weighted by Crippen LogP contribution is -2.30. The standard InChI is InChI=1S/C16H15FN2O4/c1-18(10-12-3-2-4-13(17)9-12)16(20)11-23-15-7-5-14(6-8-15)19(21)22/h2-9H,10-11H2,1H3. The first-order valence-corrected chi connectivity index (χ1v) is 6.81. The zero-order valence-corrected chi connectivity index (χ0v) is 12.4. The molecule has 0 atom stereocenters. The van der Waals surface area contributed by atoms with Crippen LogP contribution in [0.5, 0.6) is 5.75 Å². The van der Waals surface area contributed by atoms with Crippen LogP contribution < -0.4 is 4.74 Å². The molecule has 0 spiro atoms. The van der Waals surface area contributed by atoms with E-state index in [2.05, 4.69) is 0 Å². The van der Waals surface area contributed by atoms with Crippen LogP contribution in [0.4, 0.5) is 10.1 Å². The molecule has 0 saturated heterocycles. The van der Waals surface area contributed by atoms with Gasteiger partial charge in [-0.1, -0.05) is 12.1 Å². The molecule has 0 aliphatic carbocycles. The van der Waals surface area contributed by atoms with Gasteiger partial charge in [0.15, 0.2) is 6.61 Å². The van der Waals surface area contributed by atoms with Crippen LogP contribution in [-0.4, -0.2) is 29.4 Å². The Bertz CT molecular complexity index is 703. The molecule has 23 heavy (non-hydrogen) atoms. The predicted octanol–water partition coefficient (Wildman–Crippen LogP) is 2.77. The summed E-state index contributed by atoms with van der Waals surface area (Å²) in [6.07, 6.45) is 0. The van der Waals surface area contributed by atoms with Gasteiger partial charge in [-0.2, -0.15) is 0 Å². The van der Waals surface area contributed by atoms with Crippen LogP contribution in [-0.2, 0) is 11.3 Å². The Morgan fingerprint density at radius 3 is 2.57 bits per heavy atom. The highest BCUT2D eigenvalue weighted by Gasteiger charge is 2.11. The topological polar surface area (TPSA) is 72.7 Å². The Morgan fingerprint density at radius 2 is 1.96 bits per heavy atom. The highest BCUT2D eigenvalue weighted by molar-refractivity contribution is 5.77. The van der Waals surface area contributed by atoms with Gasteiger partial charge >= 0.3 is 0 Å². The van der Waals surface area contributed by atoms with Gasteiger partial charge in [0, 0.05) is 25.7 Å². The number of carbonyl (C=O) groups is 1. The second kappa shape index (κ2) is 7.35. The molecule has 0 heterocycles. The van der Waals surface area contributed by atoms with Crippen LogP contribution in [0.2, 0.25) is 0 Å². The van der Waals surface area contributed by atoms with Crippen LogP contribution in [0.25, 0.3) is 0 Å².